The molecule has 0 spiro atoms. The molecule has 0 saturated carbocycles. The molecule has 19 heavy (non-hydrogen) atoms. The Morgan fingerprint density at radius 3 is 2.68 bits per heavy atom. The van der Waals surface area contributed by atoms with Gasteiger partial charge in [0.15, 0.2) is 12.1 Å². The Bertz CT molecular complexity index is 430. The second kappa shape index (κ2) is 6.72. The van der Waals surface area contributed by atoms with Crippen LogP contribution in [0.2, 0.25) is 0 Å². The summed E-state index contributed by atoms with van der Waals surface area (Å²) in [6.07, 6.45) is -0.725. The maximum Gasteiger partial charge on any atom is 0.408 e. The topological polar surface area (TPSA) is 77.5 Å². The molecule has 1 N–H and O–H groups in total. The van der Waals surface area contributed by atoms with E-state index in [0.29, 0.717) is 5.69 Å². The summed E-state index contributed by atoms with van der Waals surface area (Å²) in [6, 6.07) is -1.32. The number of alkyl carbamates (subject to hydrolysis) is 1. The highest BCUT2D eigenvalue weighted by Crippen LogP contribution is 2.16. The molecule has 0 bridgehead atoms. The third-order valence-electron chi connectivity index (χ3n) is 1.84. The van der Waals surface area contributed by atoms with Gasteiger partial charge in [0.25, 0.3) is 0 Å². The number of thiazole rings is 1. The van der Waals surface area contributed by atoms with Gasteiger partial charge in [0.2, 0.25) is 0 Å². The van der Waals surface area contributed by atoms with Crippen LogP contribution >= 0.6 is 22.9 Å². The van der Waals surface area contributed by atoms with Crippen LogP contribution in [0.15, 0.2) is 10.9 Å². The normalized spacial score (nSPS) is 12.6. The first-order chi connectivity index (χ1) is 8.83. The predicted molar refractivity (Wildman–Crippen MR) is 71.0 cm³/mol. The molecular weight excluding hydrogens is 292 g/mol. The molecule has 0 aliphatic rings. The van der Waals surface area contributed by atoms with E-state index in [0.717, 1.165) is 0 Å². The summed E-state index contributed by atoms with van der Waals surface area (Å²) in [5.41, 5.74) is 1.27. The van der Waals surface area contributed by atoms with Crippen LogP contribution in [0.5, 0.6) is 0 Å². The number of esters is 1. The van der Waals surface area contributed by atoms with Gasteiger partial charge in [-0.3, -0.25) is 0 Å². The number of carbonyl (C=O) groups is 2. The van der Waals surface area contributed by atoms with Crippen molar-refractivity contribution >= 4 is 35.0 Å². The first kappa shape index (κ1) is 15.7. The van der Waals surface area contributed by atoms with E-state index >= 15 is 0 Å². The molecule has 0 saturated heterocycles. The van der Waals surface area contributed by atoms with Gasteiger partial charge in [-0.15, -0.1) is 11.3 Å². The number of nitrogens with one attached hydrogen (secondary N) is 1. The average molecular weight is 307 g/mol. The van der Waals surface area contributed by atoms with E-state index in [1.54, 1.807) is 31.7 Å². The van der Waals surface area contributed by atoms with Crippen molar-refractivity contribution in [3.63, 3.8) is 0 Å². The van der Waals surface area contributed by atoms with Crippen molar-refractivity contribution in [2.24, 2.45) is 0 Å². The fourth-order valence-corrected chi connectivity index (χ4v) is 1.87. The molecule has 0 aliphatic carbocycles. The largest absolute Gasteiger partial charge is 0.448 e. The van der Waals surface area contributed by atoms with Crippen molar-refractivity contribution < 1.29 is 19.1 Å². The summed E-state index contributed by atoms with van der Waals surface area (Å²) < 4.78 is 9.76. The van der Waals surface area contributed by atoms with Gasteiger partial charge in [0.05, 0.1) is 11.2 Å². The number of nitrogens with zero attached hydrogens (tertiary/aromatic N) is 1. The van der Waals surface area contributed by atoms with Gasteiger partial charge in [0.1, 0.15) is 5.60 Å². The van der Waals surface area contributed by atoms with Crippen LogP contribution in [0.4, 0.5) is 4.79 Å². The van der Waals surface area contributed by atoms with Crippen molar-refractivity contribution in [2.45, 2.75) is 32.4 Å². The highest BCUT2D eigenvalue weighted by molar-refractivity contribution is 7.07. The number of ether oxygens (including phenoxy) is 2. The number of hydrogen-bond acceptors (Lipinski definition) is 6. The Hall–Kier alpha value is -1.34. The highest BCUT2D eigenvalue weighted by atomic mass is 35.5. The monoisotopic (exact) mass is 306 g/mol. The zero-order valence-corrected chi connectivity index (χ0v) is 12.4. The molecule has 0 aliphatic heterocycles. The second-order valence-corrected chi connectivity index (χ2v) is 5.50. The number of aromatic nitrogens is 1. The van der Waals surface area contributed by atoms with E-state index in [4.69, 9.17) is 16.3 Å². The molecule has 0 aromatic carbocycles. The van der Waals surface area contributed by atoms with E-state index in [-0.39, 0.29) is 6.07 Å². The van der Waals surface area contributed by atoms with Gasteiger partial charge in [0, 0.05) is 5.38 Å². The van der Waals surface area contributed by atoms with E-state index in [2.05, 4.69) is 15.0 Å². The first-order valence-electron chi connectivity index (χ1n) is 5.43. The second-order valence-electron chi connectivity index (χ2n) is 4.57. The van der Waals surface area contributed by atoms with Gasteiger partial charge in [-0.25, -0.2) is 14.6 Å². The third-order valence-corrected chi connectivity index (χ3v) is 2.55. The summed E-state index contributed by atoms with van der Waals surface area (Å²) in [5.74, 6) is -0.688. The van der Waals surface area contributed by atoms with Crippen LogP contribution in [0.3, 0.4) is 0 Å². The van der Waals surface area contributed by atoms with Gasteiger partial charge >= 0.3 is 12.1 Å². The zero-order valence-electron chi connectivity index (χ0n) is 10.8. The first-order valence-corrected chi connectivity index (χ1v) is 6.91. The molecule has 1 heterocycles. The fourth-order valence-electron chi connectivity index (χ4n) is 1.18. The Balaban J connectivity index is 2.76. The minimum atomic E-state index is -1.03. The molecular formula is C11H15ClN2O4S. The molecule has 0 radical (unpaired) electrons. The molecule has 1 rings (SSSR count). The van der Waals surface area contributed by atoms with E-state index in [1.807, 2.05) is 0 Å². The highest BCUT2D eigenvalue weighted by Gasteiger charge is 2.28. The number of halogens is 1. The van der Waals surface area contributed by atoms with E-state index in [9.17, 15) is 9.59 Å². The number of carbonyl (C=O) groups excluding carboxylic acids is 2. The summed E-state index contributed by atoms with van der Waals surface area (Å²) in [5, 5.41) is 4.05. The van der Waals surface area contributed by atoms with Crippen LogP contribution in [0.1, 0.15) is 32.5 Å². The smallest absolute Gasteiger partial charge is 0.408 e. The predicted octanol–water partition coefficient (Wildman–Crippen LogP) is 2.45. The lowest BCUT2D eigenvalue weighted by Crippen LogP contribution is -2.38. The zero-order chi connectivity index (χ0) is 14.5. The standard InChI is InChI=1S/C11H15ClN2O4S/c1-11(2,3)18-10(16)14-8(9(15)17-5-12)7-4-19-6-13-7/h4,6,8H,5H2,1-3H3,(H,14,16). The SMILES string of the molecule is CC(C)(C)OC(=O)NC(C(=O)OCCl)c1cscn1. The van der Waals surface area contributed by atoms with Gasteiger partial charge in [-0.2, -0.15) is 0 Å². The summed E-state index contributed by atoms with van der Waals surface area (Å²) in [4.78, 5) is 27.4. The quantitative estimate of drug-likeness (QED) is 0.683. The average Bonchev–Trinajstić information content (AvgIpc) is 2.76. The molecule has 1 atom stereocenters. The number of amides is 1. The van der Waals surface area contributed by atoms with Gasteiger partial charge in [-0.1, -0.05) is 11.6 Å². The maximum atomic E-state index is 11.7. The van der Waals surface area contributed by atoms with E-state index in [1.165, 1.54) is 11.3 Å². The summed E-state index contributed by atoms with van der Waals surface area (Å²) in [6.45, 7) is 5.17. The van der Waals surface area contributed by atoms with E-state index < -0.39 is 23.7 Å². The number of alkyl halides is 1. The lowest BCUT2D eigenvalue weighted by Gasteiger charge is -2.22. The van der Waals surface area contributed by atoms with Crippen molar-refractivity contribution in [1.82, 2.24) is 10.3 Å². The Morgan fingerprint density at radius 2 is 2.21 bits per heavy atom. The lowest BCUT2D eigenvalue weighted by molar-refractivity contribution is -0.144. The van der Waals surface area contributed by atoms with Crippen molar-refractivity contribution in [1.29, 1.82) is 0 Å². The Kier molecular flexibility index (Phi) is 5.56. The minimum Gasteiger partial charge on any atom is -0.448 e. The Labute approximate surface area is 120 Å². The van der Waals surface area contributed by atoms with Crippen LogP contribution in [-0.2, 0) is 14.3 Å². The summed E-state index contributed by atoms with van der Waals surface area (Å²) >= 11 is 6.64. The van der Waals surface area contributed by atoms with Gasteiger partial charge in [-0.05, 0) is 20.8 Å². The van der Waals surface area contributed by atoms with Crippen molar-refractivity contribution in [3.05, 3.63) is 16.6 Å². The number of rotatable bonds is 4. The lowest BCUT2D eigenvalue weighted by atomic mass is 10.2. The van der Waals surface area contributed by atoms with Crippen LogP contribution < -0.4 is 5.32 Å². The van der Waals surface area contributed by atoms with Crippen LogP contribution in [0.25, 0.3) is 0 Å². The maximum absolute atomic E-state index is 11.7. The molecule has 0 fully saturated rings. The van der Waals surface area contributed by atoms with Crippen LogP contribution in [0, 0.1) is 0 Å². The molecule has 1 aromatic heterocycles. The fraction of sp³-hybridized carbons (Fsp3) is 0.545. The molecule has 1 unspecified atom stereocenters. The number of hydrogen-bond donors (Lipinski definition) is 1. The molecule has 1 aromatic rings. The Morgan fingerprint density at radius 1 is 1.53 bits per heavy atom. The molecule has 8 heteroatoms. The van der Waals surface area contributed by atoms with Gasteiger partial charge < -0.3 is 14.8 Å². The minimum absolute atomic E-state index is 0.296. The molecule has 1 amide bonds. The summed E-state index contributed by atoms with van der Waals surface area (Å²) in [7, 11) is 0. The molecule has 6 nitrogen and oxygen atoms in total. The van der Waals surface area contributed by atoms with Crippen molar-refractivity contribution in [3.8, 4) is 0 Å². The third kappa shape index (κ3) is 5.44. The molecule has 106 valence electrons. The van der Waals surface area contributed by atoms with Crippen LogP contribution in [-0.4, -0.2) is 28.7 Å². The van der Waals surface area contributed by atoms with Crippen molar-refractivity contribution in [2.75, 3.05) is 6.07 Å².